The van der Waals surface area contributed by atoms with Crippen molar-refractivity contribution in [3.63, 3.8) is 0 Å². The number of halogens is 1. The molecular formula is C12H9ClO2. The normalized spacial score (nSPS) is 10.3. The van der Waals surface area contributed by atoms with E-state index in [1.807, 2.05) is 0 Å². The Morgan fingerprint density at radius 1 is 1.33 bits per heavy atom. The van der Waals surface area contributed by atoms with Gasteiger partial charge in [-0.2, -0.15) is 0 Å². The molecule has 0 fully saturated rings. The van der Waals surface area contributed by atoms with Gasteiger partial charge in [-0.05, 0) is 25.1 Å². The molecule has 15 heavy (non-hydrogen) atoms. The highest BCUT2D eigenvalue weighted by Crippen LogP contribution is 2.20. The van der Waals surface area contributed by atoms with Crippen molar-refractivity contribution in [2.45, 2.75) is 6.92 Å². The molecule has 0 saturated heterocycles. The van der Waals surface area contributed by atoms with E-state index in [2.05, 4.69) is 0 Å². The molecule has 0 N–H and O–H groups in total. The van der Waals surface area contributed by atoms with E-state index in [1.165, 1.54) is 6.26 Å². The number of carbonyl (C=O) groups is 1. The summed E-state index contributed by atoms with van der Waals surface area (Å²) >= 11 is 5.92. The van der Waals surface area contributed by atoms with Crippen LogP contribution >= 0.6 is 11.6 Å². The molecule has 0 saturated carbocycles. The zero-order valence-corrected chi connectivity index (χ0v) is 8.91. The Morgan fingerprint density at radius 3 is 2.67 bits per heavy atom. The first-order chi connectivity index (χ1) is 7.18. The molecule has 0 aliphatic carbocycles. The third-order valence-corrected chi connectivity index (χ3v) is 2.44. The highest BCUT2D eigenvalue weighted by Gasteiger charge is 2.13. The maximum Gasteiger partial charge on any atom is 0.197 e. The predicted octanol–water partition coefficient (Wildman–Crippen LogP) is 3.47. The van der Waals surface area contributed by atoms with Crippen LogP contribution in [0.15, 0.2) is 41.0 Å². The first kappa shape index (κ1) is 9.99. The second-order valence-corrected chi connectivity index (χ2v) is 3.66. The van der Waals surface area contributed by atoms with Crippen LogP contribution in [0.2, 0.25) is 5.02 Å². The predicted molar refractivity (Wildman–Crippen MR) is 58.3 cm³/mol. The van der Waals surface area contributed by atoms with Crippen LogP contribution in [-0.2, 0) is 0 Å². The Bertz CT molecular complexity index is 500. The maximum absolute atomic E-state index is 11.9. The van der Waals surface area contributed by atoms with E-state index in [-0.39, 0.29) is 5.78 Å². The molecule has 0 bridgehead atoms. The zero-order chi connectivity index (χ0) is 10.8. The first-order valence-electron chi connectivity index (χ1n) is 4.53. The van der Waals surface area contributed by atoms with E-state index in [9.17, 15) is 4.79 Å². The van der Waals surface area contributed by atoms with Gasteiger partial charge in [-0.1, -0.05) is 23.7 Å². The molecule has 0 spiro atoms. The molecule has 76 valence electrons. The lowest BCUT2D eigenvalue weighted by Gasteiger charge is -1.99. The van der Waals surface area contributed by atoms with Crippen molar-refractivity contribution in [3.05, 3.63) is 58.5 Å². The summed E-state index contributed by atoms with van der Waals surface area (Å²) in [6.45, 7) is 1.80. The Hall–Kier alpha value is -1.54. The van der Waals surface area contributed by atoms with Crippen LogP contribution in [0.5, 0.6) is 0 Å². The van der Waals surface area contributed by atoms with Crippen LogP contribution in [0.1, 0.15) is 21.7 Å². The molecule has 0 unspecified atom stereocenters. The summed E-state index contributed by atoms with van der Waals surface area (Å²) < 4.78 is 5.08. The number of aryl methyl sites for hydroxylation is 1. The third kappa shape index (κ3) is 1.95. The SMILES string of the molecule is Cc1cc(C(=O)c2ccccc2Cl)co1. The number of furan rings is 1. The molecule has 2 rings (SSSR count). The summed E-state index contributed by atoms with van der Waals surface area (Å²) in [5, 5.41) is 0.460. The van der Waals surface area contributed by atoms with E-state index in [0.29, 0.717) is 21.9 Å². The average Bonchev–Trinajstić information content (AvgIpc) is 2.65. The van der Waals surface area contributed by atoms with Crippen LogP contribution in [0.3, 0.4) is 0 Å². The monoisotopic (exact) mass is 220 g/mol. The van der Waals surface area contributed by atoms with Gasteiger partial charge in [0, 0.05) is 5.56 Å². The van der Waals surface area contributed by atoms with Gasteiger partial charge in [0.15, 0.2) is 5.78 Å². The van der Waals surface area contributed by atoms with Crippen molar-refractivity contribution in [1.82, 2.24) is 0 Å². The van der Waals surface area contributed by atoms with E-state index >= 15 is 0 Å². The van der Waals surface area contributed by atoms with Crippen molar-refractivity contribution in [2.24, 2.45) is 0 Å². The fraction of sp³-hybridized carbons (Fsp3) is 0.0833. The summed E-state index contributed by atoms with van der Waals surface area (Å²) in [5.74, 6) is 0.600. The number of ketones is 1. The Kier molecular flexibility index (Phi) is 2.60. The number of hydrogen-bond acceptors (Lipinski definition) is 2. The number of benzene rings is 1. The highest BCUT2D eigenvalue weighted by molar-refractivity contribution is 6.34. The average molecular weight is 221 g/mol. The van der Waals surface area contributed by atoms with Crippen molar-refractivity contribution in [2.75, 3.05) is 0 Å². The number of hydrogen-bond donors (Lipinski definition) is 0. The van der Waals surface area contributed by atoms with Gasteiger partial charge in [-0.3, -0.25) is 4.79 Å². The van der Waals surface area contributed by atoms with Gasteiger partial charge in [-0.15, -0.1) is 0 Å². The fourth-order valence-electron chi connectivity index (χ4n) is 1.36. The number of carbonyl (C=O) groups excluding carboxylic acids is 1. The second kappa shape index (κ2) is 3.91. The minimum atomic E-state index is -0.113. The number of rotatable bonds is 2. The molecule has 1 aromatic carbocycles. The van der Waals surface area contributed by atoms with Crippen LogP contribution in [0, 0.1) is 6.92 Å². The highest BCUT2D eigenvalue weighted by atomic mass is 35.5. The van der Waals surface area contributed by atoms with Gasteiger partial charge in [0.2, 0.25) is 0 Å². The van der Waals surface area contributed by atoms with E-state index < -0.39 is 0 Å². The molecular weight excluding hydrogens is 212 g/mol. The van der Waals surface area contributed by atoms with Crippen molar-refractivity contribution in [1.29, 1.82) is 0 Å². The van der Waals surface area contributed by atoms with Crippen molar-refractivity contribution >= 4 is 17.4 Å². The molecule has 2 nitrogen and oxygen atoms in total. The summed E-state index contributed by atoms with van der Waals surface area (Å²) in [4.78, 5) is 11.9. The molecule has 0 amide bonds. The smallest absolute Gasteiger partial charge is 0.197 e. The van der Waals surface area contributed by atoms with Crippen LogP contribution < -0.4 is 0 Å². The van der Waals surface area contributed by atoms with E-state index in [0.717, 1.165) is 0 Å². The van der Waals surface area contributed by atoms with Crippen LogP contribution in [0.25, 0.3) is 0 Å². The Morgan fingerprint density at radius 2 is 2.07 bits per heavy atom. The third-order valence-electron chi connectivity index (χ3n) is 2.11. The Balaban J connectivity index is 2.41. The molecule has 1 heterocycles. The van der Waals surface area contributed by atoms with Gasteiger partial charge in [0.05, 0.1) is 10.6 Å². The van der Waals surface area contributed by atoms with E-state index in [4.69, 9.17) is 16.0 Å². The van der Waals surface area contributed by atoms with Gasteiger partial charge >= 0.3 is 0 Å². The second-order valence-electron chi connectivity index (χ2n) is 3.26. The fourth-order valence-corrected chi connectivity index (χ4v) is 1.58. The molecule has 0 aliphatic rings. The quantitative estimate of drug-likeness (QED) is 0.726. The largest absolute Gasteiger partial charge is 0.469 e. The molecule has 0 aliphatic heterocycles. The molecule has 0 radical (unpaired) electrons. The topological polar surface area (TPSA) is 30.2 Å². The van der Waals surface area contributed by atoms with Gasteiger partial charge in [0.25, 0.3) is 0 Å². The maximum atomic E-state index is 11.9. The van der Waals surface area contributed by atoms with Crippen molar-refractivity contribution in [3.8, 4) is 0 Å². The first-order valence-corrected chi connectivity index (χ1v) is 4.90. The lowest BCUT2D eigenvalue weighted by atomic mass is 10.1. The molecule has 2 aromatic rings. The lowest BCUT2D eigenvalue weighted by Crippen LogP contribution is -1.99. The molecule has 1 aromatic heterocycles. The van der Waals surface area contributed by atoms with Crippen molar-refractivity contribution < 1.29 is 9.21 Å². The summed E-state index contributed by atoms with van der Waals surface area (Å²) in [7, 11) is 0. The zero-order valence-electron chi connectivity index (χ0n) is 8.16. The van der Waals surface area contributed by atoms with E-state index in [1.54, 1.807) is 37.3 Å². The Labute approximate surface area is 92.5 Å². The van der Waals surface area contributed by atoms with Crippen LogP contribution in [0.4, 0.5) is 0 Å². The van der Waals surface area contributed by atoms with Gasteiger partial charge < -0.3 is 4.42 Å². The lowest BCUT2D eigenvalue weighted by molar-refractivity contribution is 0.103. The van der Waals surface area contributed by atoms with Gasteiger partial charge in [-0.25, -0.2) is 0 Å². The minimum Gasteiger partial charge on any atom is -0.469 e. The summed E-state index contributed by atoms with van der Waals surface area (Å²) in [6.07, 6.45) is 1.45. The molecule has 3 heteroatoms. The molecule has 0 atom stereocenters. The van der Waals surface area contributed by atoms with Crippen LogP contribution in [-0.4, -0.2) is 5.78 Å². The summed E-state index contributed by atoms with van der Waals surface area (Å²) in [6, 6.07) is 8.67. The summed E-state index contributed by atoms with van der Waals surface area (Å²) in [5.41, 5.74) is 1.03. The van der Waals surface area contributed by atoms with Gasteiger partial charge in [0.1, 0.15) is 12.0 Å². The standard InChI is InChI=1S/C12H9ClO2/c1-8-6-9(7-15-8)12(14)10-4-2-3-5-11(10)13/h2-7H,1H3. The minimum absolute atomic E-state index is 0.113.